The Kier molecular flexibility index (Phi) is 6.52. The zero-order chi connectivity index (χ0) is 22.3. The molecular weight excluding hydrogens is 428 g/mol. The van der Waals surface area contributed by atoms with Crippen LogP contribution < -0.4 is 10.6 Å². The van der Waals surface area contributed by atoms with Gasteiger partial charge in [-0.3, -0.25) is 9.59 Å². The third kappa shape index (κ3) is 5.35. The highest BCUT2D eigenvalue weighted by Gasteiger charge is 2.22. The number of nitrogens with one attached hydrogen (secondary N) is 2. The Labute approximate surface area is 189 Å². The number of anilines is 1. The van der Waals surface area contributed by atoms with Crippen LogP contribution >= 0.6 is 11.6 Å². The molecule has 0 fully saturated rings. The topological polar surface area (TPSA) is 102 Å². The Balaban J connectivity index is 1.53. The summed E-state index contributed by atoms with van der Waals surface area (Å²) in [6, 6.07) is 22.3. The van der Waals surface area contributed by atoms with E-state index in [-0.39, 0.29) is 11.8 Å². The van der Waals surface area contributed by atoms with Crippen LogP contribution in [-0.4, -0.2) is 38.1 Å². The third-order valence-corrected chi connectivity index (χ3v) is 4.99. The second-order valence-corrected chi connectivity index (χ2v) is 7.45. The zero-order valence-corrected chi connectivity index (χ0v) is 17.6. The lowest BCUT2D eigenvalue weighted by atomic mass is 10.0. The average Bonchev–Trinajstić information content (AvgIpc) is 3.35. The van der Waals surface area contributed by atoms with Crippen molar-refractivity contribution in [2.24, 2.45) is 0 Å². The smallest absolute Gasteiger partial charge is 0.251 e. The molecule has 0 aliphatic carbocycles. The highest BCUT2D eigenvalue weighted by molar-refractivity contribution is 6.30. The van der Waals surface area contributed by atoms with Gasteiger partial charge in [0.15, 0.2) is 0 Å². The van der Waals surface area contributed by atoms with Gasteiger partial charge in [0, 0.05) is 22.7 Å². The molecule has 4 rings (SSSR count). The number of amides is 2. The van der Waals surface area contributed by atoms with Gasteiger partial charge in [0.1, 0.15) is 12.4 Å². The largest absolute Gasteiger partial charge is 0.340 e. The van der Waals surface area contributed by atoms with Crippen molar-refractivity contribution in [3.63, 3.8) is 0 Å². The SMILES string of the molecule is O=C(NC(Cc1ccccc1)C(=O)Nc1cccc(-n2cnnn2)c1)c1ccc(Cl)cc1. The van der Waals surface area contributed by atoms with E-state index in [0.717, 1.165) is 5.56 Å². The van der Waals surface area contributed by atoms with Gasteiger partial charge in [-0.05, 0) is 58.5 Å². The third-order valence-electron chi connectivity index (χ3n) is 4.74. The molecule has 0 spiro atoms. The molecule has 1 unspecified atom stereocenters. The summed E-state index contributed by atoms with van der Waals surface area (Å²) in [6.07, 6.45) is 1.80. The molecule has 2 N–H and O–H groups in total. The standard InChI is InChI=1S/C23H19ClN6O2/c24-18-11-9-17(10-12-18)22(31)27-21(13-16-5-2-1-3-6-16)23(32)26-19-7-4-8-20(14-19)30-15-25-28-29-30/h1-12,14-15,21H,13H2,(H,26,32)(H,27,31). The van der Waals surface area contributed by atoms with Gasteiger partial charge in [0.2, 0.25) is 5.91 Å². The number of aromatic nitrogens is 4. The Bertz CT molecular complexity index is 1200. The molecule has 0 saturated heterocycles. The van der Waals surface area contributed by atoms with Crippen LogP contribution in [-0.2, 0) is 11.2 Å². The van der Waals surface area contributed by atoms with E-state index in [1.54, 1.807) is 42.5 Å². The van der Waals surface area contributed by atoms with E-state index in [4.69, 9.17) is 11.6 Å². The van der Waals surface area contributed by atoms with Gasteiger partial charge in [-0.1, -0.05) is 48.0 Å². The lowest BCUT2D eigenvalue weighted by Gasteiger charge is -2.19. The Morgan fingerprint density at radius 3 is 2.47 bits per heavy atom. The summed E-state index contributed by atoms with van der Waals surface area (Å²) >= 11 is 5.91. The van der Waals surface area contributed by atoms with Crippen molar-refractivity contribution in [2.75, 3.05) is 5.32 Å². The minimum absolute atomic E-state index is 0.332. The van der Waals surface area contributed by atoms with E-state index in [1.165, 1.54) is 11.0 Å². The van der Waals surface area contributed by atoms with Gasteiger partial charge >= 0.3 is 0 Å². The molecule has 4 aromatic rings. The normalized spacial score (nSPS) is 11.5. The minimum Gasteiger partial charge on any atom is -0.340 e. The van der Waals surface area contributed by atoms with Crippen LogP contribution in [0.25, 0.3) is 5.69 Å². The predicted octanol–water partition coefficient (Wildman–Crippen LogP) is 3.30. The Morgan fingerprint density at radius 2 is 1.75 bits per heavy atom. The molecule has 2 amide bonds. The van der Waals surface area contributed by atoms with Crippen molar-refractivity contribution in [1.29, 1.82) is 0 Å². The molecule has 32 heavy (non-hydrogen) atoms. The van der Waals surface area contributed by atoms with Gasteiger partial charge in [-0.15, -0.1) is 5.10 Å². The molecule has 160 valence electrons. The van der Waals surface area contributed by atoms with E-state index in [2.05, 4.69) is 26.2 Å². The predicted molar refractivity (Wildman–Crippen MR) is 121 cm³/mol. The molecular formula is C23H19ClN6O2. The maximum atomic E-state index is 13.1. The fraction of sp³-hybridized carbons (Fsp3) is 0.0870. The minimum atomic E-state index is -0.794. The van der Waals surface area contributed by atoms with Gasteiger partial charge < -0.3 is 10.6 Å². The second kappa shape index (κ2) is 9.84. The van der Waals surface area contributed by atoms with Gasteiger partial charge in [-0.2, -0.15) is 0 Å². The summed E-state index contributed by atoms with van der Waals surface area (Å²) in [5, 5.41) is 17.3. The molecule has 9 heteroatoms. The van der Waals surface area contributed by atoms with Crippen LogP contribution in [0.4, 0.5) is 5.69 Å². The molecule has 1 heterocycles. The highest BCUT2D eigenvalue weighted by Crippen LogP contribution is 2.15. The van der Waals surface area contributed by atoms with Crippen LogP contribution in [0, 0.1) is 0 Å². The molecule has 0 radical (unpaired) electrons. The fourth-order valence-electron chi connectivity index (χ4n) is 3.14. The van der Waals surface area contributed by atoms with Crippen LogP contribution in [0.1, 0.15) is 15.9 Å². The number of halogens is 1. The van der Waals surface area contributed by atoms with E-state index in [0.29, 0.717) is 28.4 Å². The first-order valence-electron chi connectivity index (χ1n) is 9.83. The quantitative estimate of drug-likeness (QED) is 0.453. The fourth-order valence-corrected chi connectivity index (χ4v) is 3.26. The van der Waals surface area contributed by atoms with E-state index in [1.807, 2.05) is 36.4 Å². The Morgan fingerprint density at radius 1 is 0.969 bits per heavy atom. The number of carbonyl (C=O) groups excluding carboxylic acids is 2. The van der Waals surface area contributed by atoms with Crippen molar-refractivity contribution >= 4 is 29.1 Å². The monoisotopic (exact) mass is 446 g/mol. The summed E-state index contributed by atoms with van der Waals surface area (Å²) < 4.78 is 1.49. The van der Waals surface area contributed by atoms with Crippen molar-refractivity contribution < 1.29 is 9.59 Å². The summed E-state index contributed by atoms with van der Waals surface area (Å²) in [6.45, 7) is 0. The van der Waals surface area contributed by atoms with Crippen molar-refractivity contribution in [3.05, 3.63) is 101 Å². The lowest BCUT2D eigenvalue weighted by molar-refractivity contribution is -0.118. The van der Waals surface area contributed by atoms with Crippen LogP contribution in [0.5, 0.6) is 0 Å². The van der Waals surface area contributed by atoms with E-state index in [9.17, 15) is 9.59 Å². The first-order valence-corrected chi connectivity index (χ1v) is 10.2. The molecule has 0 bridgehead atoms. The van der Waals surface area contributed by atoms with Gasteiger partial charge in [0.25, 0.3) is 5.91 Å². The second-order valence-electron chi connectivity index (χ2n) is 7.02. The van der Waals surface area contributed by atoms with Crippen molar-refractivity contribution in [1.82, 2.24) is 25.5 Å². The van der Waals surface area contributed by atoms with E-state index >= 15 is 0 Å². The van der Waals surface area contributed by atoms with Crippen LogP contribution in [0.15, 0.2) is 85.2 Å². The molecule has 3 aromatic carbocycles. The number of nitrogens with zero attached hydrogens (tertiary/aromatic N) is 4. The average molecular weight is 447 g/mol. The highest BCUT2D eigenvalue weighted by atomic mass is 35.5. The number of rotatable bonds is 7. The molecule has 8 nitrogen and oxygen atoms in total. The number of hydrogen-bond donors (Lipinski definition) is 2. The van der Waals surface area contributed by atoms with Crippen molar-refractivity contribution in [2.45, 2.75) is 12.5 Å². The lowest BCUT2D eigenvalue weighted by Crippen LogP contribution is -2.45. The molecule has 0 saturated carbocycles. The molecule has 1 atom stereocenters. The van der Waals surface area contributed by atoms with E-state index < -0.39 is 6.04 Å². The summed E-state index contributed by atoms with van der Waals surface area (Å²) in [5.41, 5.74) is 2.59. The summed E-state index contributed by atoms with van der Waals surface area (Å²) in [4.78, 5) is 25.9. The first kappa shape index (κ1) is 21.2. The first-order chi connectivity index (χ1) is 15.6. The zero-order valence-electron chi connectivity index (χ0n) is 16.9. The van der Waals surface area contributed by atoms with Crippen molar-refractivity contribution in [3.8, 4) is 5.69 Å². The molecule has 0 aliphatic heterocycles. The molecule has 0 aliphatic rings. The maximum absolute atomic E-state index is 13.1. The number of tetrazole rings is 1. The van der Waals surface area contributed by atoms with Crippen LogP contribution in [0.2, 0.25) is 5.02 Å². The maximum Gasteiger partial charge on any atom is 0.251 e. The number of carbonyl (C=O) groups is 2. The van der Waals surface area contributed by atoms with Crippen LogP contribution in [0.3, 0.4) is 0 Å². The summed E-state index contributed by atoms with van der Waals surface area (Å²) in [7, 11) is 0. The number of hydrogen-bond acceptors (Lipinski definition) is 5. The Hall–Kier alpha value is -4.04. The molecule has 1 aromatic heterocycles. The summed E-state index contributed by atoms with van der Waals surface area (Å²) in [5.74, 6) is -0.703. The number of benzene rings is 3. The van der Waals surface area contributed by atoms with Gasteiger partial charge in [0.05, 0.1) is 5.69 Å². The van der Waals surface area contributed by atoms with Gasteiger partial charge in [-0.25, -0.2) is 4.68 Å².